The lowest BCUT2D eigenvalue weighted by molar-refractivity contribution is -0.128. The highest BCUT2D eigenvalue weighted by Crippen LogP contribution is 2.33. The van der Waals surface area contributed by atoms with E-state index in [0.29, 0.717) is 5.92 Å². The zero-order valence-corrected chi connectivity index (χ0v) is 17.0. The number of carbonyl (C=O) groups is 1. The molecule has 1 N–H and O–H groups in total. The van der Waals surface area contributed by atoms with Gasteiger partial charge in [-0.1, -0.05) is 12.5 Å². The summed E-state index contributed by atoms with van der Waals surface area (Å²) in [4.78, 5) is 19.7. The molecule has 0 bridgehead atoms. The summed E-state index contributed by atoms with van der Waals surface area (Å²) in [6.07, 6.45) is 9.35. The van der Waals surface area contributed by atoms with Crippen molar-refractivity contribution < 1.29 is 4.79 Å². The van der Waals surface area contributed by atoms with E-state index in [1.54, 1.807) is 0 Å². The van der Waals surface area contributed by atoms with E-state index in [1.165, 1.54) is 12.0 Å². The predicted octanol–water partition coefficient (Wildman–Crippen LogP) is 2.99. The number of likely N-dealkylation sites (tertiary alicyclic amines) is 1. The van der Waals surface area contributed by atoms with Crippen molar-refractivity contribution in [2.75, 3.05) is 13.1 Å². The second-order valence-corrected chi connectivity index (χ2v) is 8.40. The molecule has 0 aromatic carbocycles. The maximum absolute atomic E-state index is 12.6. The quantitative estimate of drug-likeness (QED) is 0.836. The largest absolute Gasteiger partial charge is 0.347 e. The average molecular weight is 382 g/mol. The van der Waals surface area contributed by atoms with Crippen LogP contribution in [0.3, 0.4) is 0 Å². The number of rotatable bonds is 6. The van der Waals surface area contributed by atoms with Crippen LogP contribution in [-0.2, 0) is 18.4 Å². The molecule has 1 aliphatic carbocycles. The third-order valence-corrected chi connectivity index (χ3v) is 6.39. The summed E-state index contributed by atoms with van der Waals surface area (Å²) >= 11 is 0. The molecule has 2 fully saturated rings. The van der Waals surface area contributed by atoms with Gasteiger partial charge in [-0.2, -0.15) is 5.10 Å². The molecule has 2 aromatic rings. The molecular weight excluding hydrogens is 350 g/mol. The Morgan fingerprint density at radius 1 is 1.25 bits per heavy atom. The van der Waals surface area contributed by atoms with Gasteiger partial charge in [-0.15, -0.1) is 0 Å². The predicted molar refractivity (Wildman–Crippen MR) is 108 cm³/mol. The zero-order valence-electron chi connectivity index (χ0n) is 17.0. The topological polar surface area (TPSA) is 63.1 Å². The molecule has 2 aliphatic rings. The van der Waals surface area contributed by atoms with Crippen molar-refractivity contribution in [2.45, 2.75) is 51.6 Å². The number of hydrogen-bond donors (Lipinski definition) is 1. The van der Waals surface area contributed by atoms with Crippen LogP contribution in [0.1, 0.15) is 55.1 Å². The van der Waals surface area contributed by atoms with E-state index < -0.39 is 0 Å². The van der Waals surface area contributed by atoms with Crippen LogP contribution in [0.4, 0.5) is 0 Å². The third kappa shape index (κ3) is 4.27. The number of aromatic nitrogens is 3. The van der Waals surface area contributed by atoms with Crippen LogP contribution in [-0.4, -0.2) is 38.7 Å². The third-order valence-electron chi connectivity index (χ3n) is 6.39. The Bertz CT molecular complexity index is 791. The zero-order chi connectivity index (χ0) is 19.5. The number of nitrogens with one attached hydrogen (secondary N) is 1. The normalized spacial score (nSPS) is 19.9. The fourth-order valence-electron chi connectivity index (χ4n) is 4.42. The van der Waals surface area contributed by atoms with E-state index in [2.05, 4.69) is 39.5 Å². The van der Waals surface area contributed by atoms with Gasteiger partial charge >= 0.3 is 0 Å². The molecule has 3 heterocycles. The number of piperidine rings is 1. The van der Waals surface area contributed by atoms with E-state index in [4.69, 9.17) is 0 Å². The number of amides is 1. The van der Waals surface area contributed by atoms with E-state index in [1.807, 2.05) is 30.1 Å². The average Bonchev–Trinajstić information content (AvgIpc) is 2.97. The van der Waals surface area contributed by atoms with Gasteiger partial charge in [-0.05, 0) is 63.7 Å². The monoisotopic (exact) mass is 381 g/mol. The first-order valence-electron chi connectivity index (χ1n) is 10.5. The molecule has 1 unspecified atom stereocenters. The molecule has 1 amide bonds. The van der Waals surface area contributed by atoms with E-state index in [0.717, 1.165) is 56.7 Å². The first-order chi connectivity index (χ1) is 13.6. The fourth-order valence-corrected chi connectivity index (χ4v) is 4.42. The standard InChI is InChI=1S/C22H31N5O/c1-16-19(14-26(2)25-16)15-27-12-9-17(10-13-27)21(20-8-3-4-11-23-20)24-22(28)18-6-5-7-18/h3-4,8,11,14,17-18,21H,5-7,9-10,12-13,15H2,1-2H3,(H,24,28). The van der Waals surface area contributed by atoms with Crippen molar-refractivity contribution in [1.29, 1.82) is 0 Å². The SMILES string of the molecule is Cc1nn(C)cc1CN1CCC(C(NC(=O)C2CCC2)c2ccccn2)CC1. The van der Waals surface area contributed by atoms with Gasteiger partial charge in [-0.25, -0.2) is 0 Å². The molecule has 4 rings (SSSR count). The highest BCUT2D eigenvalue weighted by molar-refractivity contribution is 5.79. The summed E-state index contributed by atoms with van der Waals surface area (Å²) in [5.74, 6) is 0.861. The summed E-state index contributed by atoms with van der Waals surface area (Å²) < 4.78 is 1.89. The van der Waals surface area contributed by atoms with Crippen molar-refractivity contribution in [1.82, 2.24) is 25.0 Å². The number of hydrogen-bond acceptors (Lipinski definition) is 4. The van der Waals surface area contributed by atoms with Crippen molar-refractivity contribution in [3.8, 4) is 0 Å². The van der Waals surface area contributed by atoms with Gasteiger partial charge in [0.15, 0.2) is 0 Å². The van der Waals surface area contributed by atoms with Crippen molar-refractivity contribution >= 4 is 5.91 Å². The van der Waals surface area contributed by atoms with Gasteiger partial charge < -0.3 is 5.32 Å². The molecule has 6 heteroatoms. The maximum atomic E-state index is 12.6. The Morgan fingerprint density at radius 3 is 2.61 bits per heavy atom. The fraction of sp³-hybridized carbons (Fsp3) is 0.591. The smallest absolute Gasteiger partial charge is 0.223 e. The van der Waals surface area contributed by atoms with Gasteiger partial charge in [0.05, 0.1) is 17.4 Å². The Morgan fingerprint density at radius 2 is 2.04 bits per heavy atom. The van der Waals surface area contributed by atoms with E-state index in [9.17, 15) is 4.79 Å². The van der Waals surface area contributed by atoms with Crippen LogP contribution < -0.4 is 5.32 Å². The number of carbonyl (C=O) groups excluding carboxylic acids is 1. The molecule has 2 aromatic heterocycles. The van der Waals surface area contributed by atoms with Gasteiger partial charge in [0.1, 0.15) is 0 Å². The molecule has 1 saturated heterocycles. The molecule has 6 nitrogen and oxygen atoms in total. The molecule has 1 atom stereocenters. The van der Waals surface area contributed by atoms with Crippen molar-refractivity contribution in [3.05, 3.63) is 47.5 Å². The van der Waals surface area contributed by atoms with Crippen molar-refractivity contribution in [3.63, 3.8) is 0 Å². The number of pyridine rings is 1. The lowest BCUT2D eigenvalue weighted by Crippen LogP contribution is -2.43. The minimum Gasteiger partial charge on any atom is -0.347 e. The van der Waals surface area contributed by atoms with Crippen LogP contribution in [0.5, 0.6) is 0 Å². The summed E-state index contributed by atoms with van der Waals surface area (Å²) in [7, 11) is 1.98. The summed E-state index contributed by atoms with van der Waals surface area (Å²) in [5, 5.41) is 7.81. The molecular formula is C22H31N5O. The summed E-state index contributed by atoms with van der Waals surface area (Å²) in [5.41, 5.74) is 3.42. The van der Waals surface area contributed by atoms with Gasteiger partial charge in [0.2, 0.25) is 5.91 Å². The summed E-state index contributed by atoms with van der Waals surface area (Å²) in [6.45, 7) is 5.12. The maximum Gasteiger partial charge on any atom is 0.223 e. The Labute approximate surface area is 167 Å². The molecule has 1 saturated carbocycles. The van der Waals surface area contributed by atoms with E-state index in [-0.39, 0.29) is 17.9 Å². The Kier molecular flexibility index (Phi) is 5.76. The summed E-state index contributed by atoms with van der Waals surface area (Å²) in [6, 6.07) is 6.03. The highest BCUT2D eigenvalue weighted by atomic mass is 16.2. The number of aryl methyl sites for hydroxylation is 2. The second kappa shape index (κ2) is 8.43. The second-order valence-electron chi connectivity index (χ2n) is 8.40. The van der Waals surface area contributed by atoms with Crippen LogP contribution >= 0.6 is 0 Å². The highest BCUT2D eigenvalue weighted by Gasteiger charge is 2.33. The van der Waals surface area contributed by atoms with E-state index >= 15 is 0 Å². The molecule has 0 spiro atoms. The van der Waals surface area contributed by atoms with Crippen LogP contribution in [0.2, 0.25) is 0 Å². The van der Waals surface area contributed by atoms with Gasteiger partial charge in [-0.3, -0.25) is 19.4 Å². The lowest BCUT2D eigenvalue weighted by Gasteiger charge is -2.37. The van der Waals surface area contributed by atoms with Gasteiger partial charge in [0, 0.05) is 37.5 Å². The molecule has 1 aliphatic heterocycles. The molecule has 28 heavy (non-hydrogen) atoms. The Balaban J connectivity index is 1.40. The van der Waals surface area contributed by atoms with Crippen LogP contribution in [0.15, 0.2) is 30.6 Å². The Hall–Kier alpha value is -2.21. The molecule has 150 valence electrons. The number of nitrogens with zero attached hydrogens (tertiary/aromatic N) is 4. The molecule has 0 radical (unpaired) electrons. The van der Waals surface area contributed by atoms with Crippen molar-refractivity contribution in [2.24, 2.45) is 18.9 Å². The minimum absolute atomic E-state index is 0.0246. The lowest BCUT2D eigenvalue weighted by atomic mass is 9.83. The first kappa shape index (κ1) is 19.1. The van der Waals surface area contributed by atoms with Gasteiger partial charge in [0.25, 0.3) is 0 Å². The minimum atomic E-state index is 0.0246. The van der Waals surface area contributed by atoms with Crippen LogP contribution in [0.25, 0.3) is 0 Å². The first-order valence-corrected chi connectivity index (χ1v) is 10.5. The van der Waals surface area contributed by atoms with Crippen LogP contribution in [0, 0.1) is 18.8 Å².